The molecular formula is C16H32N2. The predicted molar refractivity (Wildman–Crippen MR) is 78.5 cm³/mol. The zero-order chi connectivity index (χ0) is 13.1. The Balaban J connectivity index is 1.79. The van der Waals surface area contributed by atoms with Crippen LogP contribution in [0.1, 0.15) is 59.3 Å². The van der Waals surface area contributed by atoms with Gasteiger partial charge in [0.25, 0.3) is 0 Å². The van der Waals surface area contributed by atoms with Crippen molar-refractivity contribution in [3.05, 3.63) is 0 Å². The van der Waals surface area contributed by atoms with E-state index in [0.29, 0.717) is 18.0 Å². The van der Waals surface area contributed by atoms with Gasteiger partial charge in [-0.2, -0.15) is 0 Å². The first-order valence-corrected chi connectivity index (χ1v) is 8.11. The first-order valence-electron chi connectivity index (χ1n) is 8.11. The maximum absolute atomic E-state index is 6.17. The number of nitrogens with zero attached hydrogens (tertiary/aromatic N) is 1. The van der Waals surface area contributed by atoms with E-state index in [1.165, 1.54) is 51.6 Å². The highest BCUT2D eigenvalue weighted by atomic mass is 15.2. The van der Waals surface area contributed by atoms with E-state index in [9.17, 15) is 0 Å². The van der Waals surface area contributed by atoms with Gasteiger partial charge >= 0.3 is 0 Å². The number of piperidine rings is 1. The molecule has 1 heterocycles. The van der Waals surface area contributed by atoms with Crippen LogP contribution in [0.5, 0.6) is 0 Å². The molecule has 1 aliphatic carbocycles. The van der Waals surface area contributed by atoms with Crippen molar-refractivity contribution in [1.29, 1.82) is 0 Å². The summed E-state index contributed by atoms with van der Waals surface area (Å²) in [5, 5.41) is 0. The molecule has 0 aromatic rings. The standard InChI is InChI=1S/C16H32N2/c1-4-14-5-7-15(8-6-14)11-18-10-9-16(17)12(2)13(18)3/h12-16H,4-11,17H2,1-3H3. The molecule has 1 saturated carbocycles. The lowest BCUT2D eigenvalue weighted by Crippen LogP contribution is -2.52. The fourth-order valence-corrected chi connectivity index (χ4v) is 3.88. The van der Waals surface area contributed by atoms with Crippen molar-refractivity contribution >= 4 is 0 Å². The summed E-state index contributed by atoms with van der Waals surface area (Å²) in [6.45, 7) is 9.60. The van der Waals surface area contributed by atoms with Gasteiger partial charge < -0.3 is 10.6 Å². The first kappa shape index (κ1) is 14.3. The molecule has 3 atom stereocenters. The highest BCUT2D eigenvalue weighted by molar-refractivity contribution is 4.88. The van der Waals surface area contributed by atoms with Gasteiger partial charge in [0.2, 0.25) is 0 Å². The molecule has 2 aliphatic rings. The van der Waals surface area contributed by atoms with Gasteiger partial charge in [0, 0.05) is 18.6 Å². The Hall–Kier alpha value is -0.0800. The molecule has 0 bridgehead atoms. The van der Waals surface area contributed by atoms with Crippen molar-refractivity contribution in [3.8, 4) is 0 Å². The van der Waals surface area contributed by atoms with E-state index in [4.69, 9.17) is 5.73 Å². The summed E-state index contributed by atoms with van der Waals surface area (Å²) in [7, 11) is 0. The van der Waals surface area contributed by atoms with Crippen LogP contribution in [-0.4, -0.2) is 30.1 Å². The van der Waals surface area contributed by atoms with Crippen molar-refractivity contribution in [2.75, 3.05) is 13.1 Å². The molecule has 3 unspecified atom stereocenters. The minimum atomic E-state index is 0.423. The molecule has 2 N–H and O–H groups in total. The molecule has 2 nitrogen and oxygen atoms in total. The smallest absolute Gasteiger partial charge is 0.0107 e. The maximum atomic E-state index is 6.17. The van der Waals surface area contributed by atoms with E-state index >= 15 is 0 Å². The normalized spacial score (nSPS) is 43.0. The minimum absolute atomic E-state index is 0.423. The van der Waals surface area contributed by atoms with E-state index in [1.54, 1.807) is 0 Å². The van der Waals surface area contributed by atoms with Gasteiger partial charge in [-0.3, -0.25) is 0 Å². The molecule has 0 aromatic carbocycles. The first-order chi connectivity index (χ1) is 8.61. The van der Waals surface area contributed by atoms with Crippen molar-refractivity contribution in [3.63, 3.8) is 0 Å². The summed E-state index contributed by atoms with van der Waals surface area (Å²) >= 11 is 0. The van der Waals surface area contributed by atoms with Gasteiger partial charge in [0.15, 0.2) is 0 Å². The quantitative estimate of drug-likeness (QED) is 0.835. The molecule has 2 heteroatoms. The molecule has 1 saturated heterocycles. The average Bonchev–Trinajstić information content (AvgIpc) is 2.40. The summed E-state index contributed by atoms with van der Waals surface area (Å²) < 4.78 is 0. The maximum Gasteiger partial charge on any atom is 0.0107 e. The van der Waals surface area contributed by atoms with Gasteiger partial charge in [-0.05, 0) is 50.5 Å². The van der Waals surface area contributed by atoms with Crippen LogP contribution < -0.4 is 5.73 Å². The lowest BCUT2D eigenvalue weighted by atomic mass is 9.79. The van der Waals surface area contributed by atoms with Crippen molar-refractivity contribution in [2.24, 2.45) is 23.5 Å². The van der Waals surface area contributed by atoms with E-state index in [-0.39, 0.29) is 0 Å². The molecule has 2 fully saturated rings. The van der Waals surface area contributed by atoms with Gasteiger partial charge in [0.05, 0.1) is 0 Å². The third kappa shape index (κ3) is 3.27. The second-order valence-electron chi connectivity index (χ2n) is 6.84. The molecule has 0 radical (unpaired) electrons. The topological polar surface area (TPSA) is 29.3 Å². The largest absolute Gasteiger partial charge is 0.327 e. The summed E-state index contributed by atoms with van der Waals surface area (Å²) in [5.41, 5.74) is 6.17. The Labute approximate surface area is 113 Å². The Morgan fingerprint density at radius 3 is 2.22 bits per heavy atom. The van der Waals surface area contributed by atoms with Crippen LogP contribution in [0.3, 0.4) is 0 Å². The molecular weight excluding hydrogens is 220 g/mol. The van der Waals surface area contributed by atoms with Crippen LogP contribution in [0.2, 0.25) is 0 Å². The Morgan fingerprint density at radius 1 is 1.00 bits per heavy atom. The summed E-state index contributed by atoms with van der Waals surface area (Å²) in [4.78, 5) is 2.71. The number of likely N-dealkylation sites (tertiary alicyclic amines) is 1. The number of rotatable bonds is 3. The predicted octanol–water partition coefficient (Wildman–Crippen LogP) is 3.26. The van der Waals surface area contributed by atoms with Gasteiger partial charge in [-0.25, -0.2) is 0 Å². The third-order valence-electron chi connectivity index (χ3n) is 5.80. The zero-order valence-electron chi connectivity index (χ0n) is 12.6. The van der Waals surface area contributed by atoms with E-state index in [2.05, 4.69) is 25.7 Å². The Morgan fingerprint density at radius 2 is 1.61 bits per heavy atom. The second-order valence-corrected chi connectivity index (χ2v) is 6.84. The molecule has 1 aliphatic heterocycles. The highest BCUT2D eigenvalue weighted by Crippen LogP contribution is 2.32. The zero-order valence-corrected chi connectivity index (χ0v) is 12.6. The molecule has 0 amide bonds. The SMILES string of the molecule is CCC1CCC(CN2CCC(N)C(C)C2C)CC1. The van der Waals surface area contributed by atoms with Gasteiger partial charge in [-0.1, -0.05) is 33.1 Å². The van der Waals surface area contributed by atoms with Gasteiger partial charge in [-0.15, -0.1) is 0 Å². The molecule has 2 rings (SSSR count). The summed E-state index contributed by atoms with van der Waals surface area (Å²) in [5.74, 6) is 2.63. The van der Waals surface area contributed by atoms with E-state index in [1.807, 2.05) is 0 Å². The van der Waals surface area contributed by atoms with Crippen LogP contribution in [0.15, 0.2) is 0 Å². The van der Waals surface area contributed by atoms with Crippen molar-refractivity contribution in [1.82, 2.24) is 4.90 Å². The summed E-state index contributed by atoms with van der Waals surface area (Å²) in [6, 6.07) is 1.10. The number of hydrogen-bond donors (Lipinski definition) is 1. The number of nitrogens with two attached hydrogens (primary N) is 1. The third-order valence-corrected chi connectivity index (χ3v) is 5.80. The average molecular weight is 252 g/mol. The molecule has 18 heavy (non-hydrogen) atoms. The molecule has 0 spiro atoms. The monoisotopic (exact) mass is 252 g/mol. The lowest BCUT2D eigenvalue weighted by Gasteiger charge is -2.43. The fourth-order valence-electron chi connectivity index (χ4n) is 3.88. The molecule has 106 valence electrons. The summed E-state index contributed by atoms with van der Waals surface area (Å²) in [6.07, 6.45) is 8.44. The second kappa shape index (κ2) is 6.38. The molecule has 0 aromatic heterocycles. The van der Waals surface area contributed by atoms with Crippen LogP contribution in [0.25, 0.3) is 0 Å². The van der Waals surface area contributed by atoms with E-state index in [0.717, 1.165) is 11.8 Å². The van der Waals surface area contributed by atoms with Crippen LogP contribution in [0.4, 0.5) is 0 Å². The van der Waals surface area contributed by atoms with Crippen molar-refractivity contribution < 1.29 is 0 Å². The Kier molecular flexibility index (Phi) is 5.08. The lowest BCUT2D eigenvalue weighted by molar-refractivity contribution is 0.0700. The van der Waals surface area contributed by atoms with Crippen LogP contribution in [-0.2, 0) is 0 Å². The van der Waals surface area contributed by atoms with Gasteiger partial charge in [0.1, 0.15) is 0 Å². The highest BCUT2D eigenvalue weighted by Gasteiger charge is 2.32. The number of hydrogen-bond acceptors (Lipinski definition) is 2. The van der Waals surface area contributed by atoms with E-state index < -0.39 is 0 Å². The fraction of sp³-hybridized carbons (Fsp3) is 1.00. The van der Waals surface area contributed by atoms with Crippen molar-refractivity contribution in [2.45, 2.75) is 71.4 Å². The van der Waals surface area contributed by atoms with Crippen LogP contribution in [0, 0.1) is 17.8 Å². The minimum Gasteiger partial charge on any atom is -0.327 e. The van der Waals surface area contributed by atoms with Crippen LogP contribution >= 0.6 is 0 Å². The Bertz CT molecular complexity index is 245.